The Labute approximate surface area is 215 Å². The molecular formula is C26H25N3O5S2. The first-order chi connectivity index (χ1) is 17.2. The number of aryl methyl sites for hydroxylation is 1. The van der Waals surface area contributed by atoms with Crippen molar-refractivity contribution in [2.24, 2.45) is 0 Å². The maximum Gasteiger partial charge on any atom is 0.332 e. The second-order valence-electron chi connectivity index (χ2n) is 8.18. The average Bonchev–Trinajstić information content (AvgIpc) is 3.21. The minimum atomic E-state index is -1.26. The number of nitrogens with zero attached hydrogens (tertiary/aromatic N) is 2. The van der Waals surface area contributed by atoms with Crippen LogP contribution in [0.4, 0.5) is 5.69 Å². The molecule has 2 aromatic carbocycles. The van der Waals surface area contributed by atoms with Crippen LogP contribution in [-0.2, 0) is 22.7 Å². The zero-order valence-corrected chi connectivity index (χ0v) is 21.7. The first kappa shape index (κ1) is 25.5. The van der Waals surface area contributed by atoms with E-state index >= 15 is 0 Å². The molecule has 0 saturated heterocycles. The summed E-state index contributed by atoms with van der Waals surface area (Å²) in [6.07, 6.45) is 2.32. The lowest BCUT2D eigenvalue weighted by molar-refractivity contribution is -0.137. The van der Waals surface area contributed by atoms with Gasteiger partial charge >= 0.3 is 11.7 Å². The number of carbonyl (C=O) groups excluding carboxylic acids is 1. The van der Waals surface area contributed by atoms with E-state index in [0.717, 1.165) is 25.5 Å². The molecule has 0 unspecified atom stereocenters. The third kappa shape index (κ3) is 4.87. The van der Waals surface area contributed by atoms with Gasteiger partial charge in [0.2, 0.25) is 5.91 Å². The Morgan fingerprint density at radius 1 is 1.06 bits per heavy atom. The lowest BCUT2D eigenvalue weighted by Gasteiger charge is -2.13. The van der Waals surface area contributed by atoms with Crippen molar-refractivity contribution in [1.82, 2.24) is 9.13 Å². The van der Waals surface area contributed by atoms with Crippen LogP contribution in [0.3, 0.4) is 0 Å². The molecule has 0 radical (unpaired) electrons. The third-order valence-electron chi connectivity index (χ3n) is 5.86. The number of thioether (sulfide) groups is 1. The number of carboxylic acids is 1. The van der Waals surface area contributed by atoms with E-state index in [1.165, 1.54) is 15.9 Å². The normalized spacial score (nSPS) is 11.1. The fourth-order valence-corrected chi connectivity index (χ4v) is 5.95. The highest BCUT2D eigenvalue weighted by molar-refractivity contribution is 7.98. The van der Waals surface area contributed by atoms with E-state index in [1.807, 2.05) is 42.7 Å². The zero-order chi connectivity index (χ0) is 26.0. The summed E-state index contributed by atoms with van der Waals surface area (Å²) in [6, 6.07) is 15.0. The van der Waals surface area contributed by atoms with Crippen LogP contribution >= 0.6 is 23.1 Å². The number of fused-ring (bicyclic) bond motifs is 1. The quantitative estimate of drug-likeness (QED) is 0.331. The zero-order valence-electron chi connectivity index (χ0n) is 20.0. The first-order valence-corrected chi connectivity index (χ1v) is 13.3. The molecule has 4 aromatic rings. The van der Waals surface area contributed by atoms with Crippen molar-refractivity contribution in [2.45, 2.75) is 38.3 Å². The Hall–Kier alpha value is -3.63. The molecule has 1 amide bonds. The number of thiophene rings is 1. The van der Waals surface area contributed by atoms with E-state index < -0.39 is 23.8 Å². The molecule has 0 spiro atoms. The number of aromatic nitrogens is 2. The Bertz CT molecular complexity index is 1580. The van der Waals surface area contributed by atoms with Crippen molar-refractivity contribution in [3.63, 3.8) is 0 Å². The summed E-state index contributed by atoms with van der Waals surface area (Å²) >= 11 is 2.88. The van der Waals surface area contributed by atoms with Gasteiger partial charge in [-0.25, -0.2) is 9.36 Å². The number of benzene rings is 2. The lowest BCUT2D eigenvalue weighted by Crippen LogP contribution is -2.41. The van der Waals surface area contributed by atoms with Gasteiger partial charge in [0.1, 0.15) is 11.4 Å². The SMILES string of the molecule is CCC(=O)Nc1ccc(-c2sc3c(c2C)c(=O)n(CC(=O)O)c(=O)n3Cc2ccccc2SC)cc1. The molecule has 36 heavy (non-hydrogen) atoms. The highest BCUT2D eigenvalue weighted by atomic mass is 32.2. The van der Waals surface area contributed by atoms with Gasteiger partial charge in [0.25, 0.3) is 5.56 Å². The van der Waals surface area contributed by atoms with Gasteiger partial charge in [0.15, 0.2) is 0 Å². The summed E-state index contributed by atoms with van der Waals surface area (Å²) < 4.78 is 2.28. The molecule has 0 saturated carbocycles. The maximum absolute atomic E-state index is 13.4. The highest BCUT2D eigenvalue weighted by Crippen LogP contribution is 2.37. The second-order valence-corrected chi connectivity index (χ2v) is 10.0. The van der Waals surface area contributed by atoms with Crippen LogP contribution in [-0.4, -0.2) is 32.4 Å². The molecule has 2 aromatic heterocycles. The van der Waals surface area contributed by atoms with E-state index in [-0.39, 0.29) is 12.5 Å². The number of aliphatic carboxylic acids is 1. The summed E-state index contributed by atoms with van der Waals surface area (Å²) in [4.78, 5) is 52.2. The molecule has 0 aliphatic rings. The van der Waals surface area contributed by atoms with Crippen molar-refractivity contribution in [3.05, 3.63) is 80.5 Å². The predicted molar refractivity (Wildman–Crippen MR) is 144 cm³/mol. The highest BCUT2D eigenvalue weighted by Gasteiger charge is 2.22. The maximum atomic E-state index is 13.4. The minimum absolute atomic E-state index is 0.0886. The van der Waals surface area contributed by atoms with Gasteiger partial charge in [0.05, 0.1) is 11.9 Å². The summed E-state index contributed by atoms with van der Waals surface area (Å²) in [5, 5.41) is 12.5. The number of carbonyl (C=O) groups is 2. The van der Waals surface area contributed by atoms with Crippen LogP contribution in [0.1, 0.15) is 24.5 Å². The van der Waals surface area contributed by atoms with Gasteiger partial charge in [-0.1, -0.05) is 37.3 Å². The molecule has 0 bridgehead atoms. The monoisotopic (exact) mass is 523 g/mol. The Kier molecular flexibility index (Phi) is 7.46. The van der Waals surface area contributed by atoms with Crippen molar-refractivity contribution < 1.29 is 14.7 Å². The van der Waals surface area contributed by atoms with Crippen LogP contribution in [0.5, 0.6) is 0 Å². The molecule has 0 atom stereocenters. The number of hydrogen-bond donors (Lipinski definition) is 2. The van der Waals surface area contributed by atoms with E-state index in [0.29, 0.717) is 27.9 Å². The van der Waals surface area contributed by atoms with Crippen molar-refractivity contribution in [2.75, 3.05) is 11.6 Å². The fraction of sp³-hybridized carbons (Fsp3) is 0.231. The van der Waals surface area contributed by atoms with Crippen LogP contribution < -0.4 is 16.6 Å². The molecule has 2 heterocycles. The van der Waals surface area contributed by atoms with Gasteiger partial charge in [-0.05, 0) is 48.1 Å². The Balaban J connectivity index is 1.92. The molecular weight excluding hydrogens is 498 g/mol. The summed E-state index contributed by atoms with van der Waals surface area (Å²) in [7, 11) is 0. The summed E-state index contributed by atoms with van der Waals surface area (Å²) in [6.45, 7) is 3.07. The standard InChI is InChI=1S/C26H25N3O5S2/c1-4-20(30)27-18-11-9-16(10-12-18)23-15(2)22-24(33)28(14-21(31)32)26(34)29(25(22)36-23)13-17-7-5-6-8-19(17)35-3/h5-12H,4,13-14H2,1-3H3,(H,27,30)(H,31,32). The third-order valence-corrected chi connectivity index (χ3v) is 8.06. The van der Waals surface area contributed by atoms with Gasteiger partial charge in [-0.2, -0.15) is 0 Å². The topological polar surface area (TPSA) is 110 Å². The van der Waals surface area contributed by atoms with Gasteiger partial charge in [-0.15, -0.1) is 23.1 Å². The summed E-state index contributed by atoms with van der Waals surface area (Å²) in [5.74, 6) is -1.35. The number of hydrogen-bond acceptors (Lipinski definition) is 6. The second kappa shape index (κ2) is 10.5. The molecule has 0 aliphatic heterocycles. The van der Waals surface area contributed by atoms with Crippen LogP contribution in [0.2, 0.25) is 0 Å². The molecule has 8 nitrogen and oxygen atoms in total. The number of rotatable bonds is 8. The van der Waals surface area contributed by atoms with Crippen LogP contribution in [0, 0.1) is 6.92 Å². The largest absolute Gasteiger partial charge is 0.480 e. The molecule has 0 fully saturated rings. The molecule has 186 valence electrons. The average molecular weight is 524 g/mol. The van der Waals surface area contributed by atoms with E-state index in [4.69, 9.17) is 0 Å². The summed E-state index contributed by atoms with van der Waals surface area (Å²) in [5.41, 5.74) is 1.80. The van der Waals surface area contributed by atoms with E-state index in [2.05, 4.69) is 5.32 Å². The number of anilines is 1. The van der Waals surface area contributed by atoms with E-state index in [1.54, 1.807) is 37.7 Å². The Morgan fingerprint density at radius 3 is 2.39 bits per heavy atom. The predicted octanol–water partition coefficient (Wildman–Crippen LogP) is 4.40. The molecule has 0 aliphatic carbocycles. The molecule has 2 N–H and O–H groups in total. The van der Waals surface area contributed by atoms with Crippen molar-refractivity contribution >= 4 is 50.9 Å². The fourth-order valence-electron chi connectivity index (χ4n) is 4.04. The lowest BCUT2D eigenvalue weighted by atomic mass is 10.1. The number of amides is 1. The number of nitrogens with one attached hydrogen (secondary N) is 1. The number of carboxylic acid groups (broad SMARTS) is 1. The molecule has 4 rings (SSSR count). The minimum Gasteiger partial charge on any atom is -0.480 e. The van der Waals surface area contributed by atoms with Gasteiger partial charge in [0, 0.05) is 21.9 Å². The van der Waals surface area contributed by atoms with Crippen molar-refractivity contribution in [1.29, 1.82) is 0 Å². The molecule has 10 heteroatoms. The van der Waals surface area contributed by atoms with Gasteiger partial charge < -0.3 is 10.4 Å². The van der Waals surface area contributed by atoms with Crippen LogP contribution in [0.25, 0.3) is 20.7 Å². The first-order valence-electron chi connectivity index (χ1n) is 11.3. The van der Waals surface area contributed by atoms with Crippen LogP contribution in [0.15, 0.2) is 63.0 Å². The van der Waals surface area contributed by atoms with Gasteiger partial charge in [-0.3, -0.25) is 19.0 Å². The smallest absolute Gasteiger partial charge is 0.332 e. The van der Waals surface area contributed by atoms with E-state index in [9.17, 15) is 24.3 Å². The van der Waals surface area contributed by atoms with Crippen molar-refractivity contribution in [3.8, 4) is 10.4 Å². The Morgan fingerprint density at radius 2 is 1.75 bits per heavy atom.